The average molecular weight is 252 g/mol. The number of nitrogens with two attached hydrogens (primary N) is 1. The van der Waals surface area contributed by atoms with Crippen molar-refractivity contribution in [1.82, 2.24) is 4.98 Å². The fourth-order valence-electron chi connectivity index (χ4n) is 1.36. The highest BCUT2D eigenvalue weighted by Crippen LogP contribution is 2.18. The second kappa shape index (κ2) is 4.63. The average Bonchev–Trinajstić information content (AvgIpc) is 2.68. The minimum atomic E-state index is -0.590. The van der Waals surface area contributed by atoms with Crippen molar-refractivity contribution in [2.45, 2.75) is 6.92 Å². The van der Waals surface area contributed by atoms with Gasteiger partial charge in [-0.3, -0.25) is 0 Å². The molecule has 0 atom stereocenters. The molecular weight excluding hydrogens is 242 g/mol. The van der Waals surface area contributed by atoms with Crippen molar-refractivity contribution in [3.05, 3.63) is 46.0 Å². The quantitative estimate of drug-likeness (QED) is 0.888. The Morgan fingerprint density at radius 2 is 2.00 bits per heavy atom. The lowest BCUT2D eigenvalue weighted by atomic mass is 10.1. The smallest absolute Gasteiger partial charge is 0.180 e. The molecule has 0 fully saturated rings. The number of thiazole rings is 1. The monoisotopic (exact) mass is 252 g/mol. The summed E-state index contributed by atoms with van der Waals surface area (Å²) < 4.78 is 26.4. The molecule has 0 amide bonds. The van der Waals surface area contributed by atoms with Crippen LogP contribution >= 0.6 is 11.3 Å². The Hall–Kier alpha value is -1.75. The maximum Gasteiger partial charge on any atom is 0.180 e. The molecule has 0 aliphatic carbocycles. The van der Waals surface area contributed by atoms with Crippen molar-refractivity contribution in [2.24, 2.45) is 0 Å². The maximum atomic E-state index is 13.4. The van der Waals surface area contributed by atoms with Crippen LogP contribution in [0.15, 0.2) is 17.5 Å². The van der Waals surface area contributed by atoms with Crippen LogP contribution in [-0.2, 0) is 0 Å². The molecule has 0 saturated heterocycles. The standard InChI is InChI=1S/C12H10F2N2S/c1-7-4-8(11(14)5-10(7)13)2-3-9-6-17-12(15)16-9/h2-6H,1H3,(H2,15,16). The fourth-order valence-corrected chi connectivity index (χ4v) is 1.89. The van der Waals surface area contributed by atoms with Gasteiger partial charge in [-0.15, -0.1) is 11.3 Å². The molecule has 2 rings (SSSR count). The summed E-state index contributed by atoms with van der Waals surface area (Å²) in [7, 11) is 0. The summed E-state index contributed by atoms with van der Waals surface area (Å²) in [4.78, 5) is 4.01. The first-order valence-corrected chi connectivity index (χ1v) is 5.79. The highest BCUT2D eigenvalue weighted by Gasteiger charge is 2.04. The van der Waals surface area contributed by atoms with Gasteiger partial charge in [0.15, 0.2) is 5.13 Å². The van der Waals surface area contributed by atoms with E-state index in [-0.39, 0.29) is 0 Å². The first-order chi connectivity index (χ1) is 8.06. The third-order valence-electron chi connectivity index (χ3n) is 2.25. The van der Waals surface area contributed by atoms with E-state index in [0.29, 0.717) is 22.0 Å². The molecule has 88 valence electrons. The van der Waals surface area contributed by atoms with E-state index in [0.717, 1.165) is 6.07 Å². The van der Waals surface area contributed by atoms with Gasteiger partial charge in [-0.2, -0.15) is 0 Å². The predicted octanol–water partition coefficient (Wildman–Crippen LogP) is 3.48. The van der Waals surface area contributed by atoms with Crippen LogP contribution in [0.4, 0.5) is 13.9 Å². The molecule has 1 heterocycles. The van der Waals surface area contributed by atoms with E-state index < -0.39 is 11.6 Å². The van der Waals surface area contributed by atoms with Crippen molar-refractivity contribution in [1.29, 1.82) is 0 Å². The Kier molecular flexibility index (Phi) is 3.19. The minimum Gasteiger partial charge on any atom is -0.375 e. The zero-order valence-corrected chi connectivity index (χ0v) is 9.89. The molecule has 0 saturated carbocycles. The van der Waals surface area contributed by atoms with Crippen molar-refractivity contribution >= 4 is 28.6 Å². The van der Waals surface area contributed by atoms with E-state index in [2.05, 4.69) is 4.98 Å². The topological polar surface area (TPSA) is 38.9 Å². The van der Waals surface area contributed by atoms with E-state index in [4.69, 9.17) is 5.73 Å². The molecule has 0 bridgehead atoms. The SMILES string of the molecule is Cc1cc(C=Cc2csc(N)n2)c(F)cc1F. The Balaban J connectivity index is 2.30. The lowest BCUT2D eigenvalue weighted by Crippen LogP contribution is -1.89. The number of halogens is 2. The summed E-state index contributed by atoms with van der Waals surface area (Å²) in [5.41, 5.74) is 6.87. The van der Waals surface area contributed by atoms with Crippen LogP contribution in [0.25, 0.3) is 12.2 Å². The number of anilines is 1. The van der Waals surface area contributed by atoms with Gasteiger partial charge in [0.25, 0.3) is 0 Å². The molecule has 1 aromatic heterocycles. The number of aryl methyl sites for hydroxylation is 1. The Morgan fingerprint density at radius 1 is 1.24 bits per heavy atom. The van der Waals surface area contributed by atoms with Gasteiger partial charge in [0.05, 0.1) is 5.69 Å². The summed E-state index contributed by atoms with van der Waals surface area (Å²) >= 11 is 1.31. The van der Waals surface area contributed by atoms with Gasteiger partial charge in [0.1, 0.15) is 11.6 Å². The van der Waals surface area contributed by atoms with Crippen LogP contribution in [0.1, 0.15) is 16.8 Å². The predicted molar refractivity (Wildman–Crippen MR) is 66.5 cm³/mol. The number of benzene rings is 1. The lowest BCUT2D eigenvalue weighted by Gasteiger charge is -2.00. The van der Waals surface area contributed by atoms with E-state index in [9.17, 15) is 8.78 Å². The molecular formula is C12H10F2N2S. The first kappa shape index (κ1) is 11.7. The normalized spacial score (nSPS) is 11.2. The molecule has 5 heteroatoms. The summed E-state index contributed by atoms with van der Waals surface area (Å²) in [6.45, 7) is 1.59. The highest BCUT2D eigenvalue weighted by molar-refractivity contribution is 7.13. The van der Waals surface area contributed by atoms with Crippen molar-refractivity contribution in [3.63, 3.8) is 0 Å². The lowest BCUT2D eigenvalue weighted by molar-refractivity contribution is 0.576. The minimum absolute atomic E-state index is 0.329. The summed E-state index contributed by atoms with van der Waals surface area (Å²) in [6, 6.07) is 2.33. The second-order valence-electron chi connectivity index (χ2n) is 3.57. The number of rotatable bonds is 2. The van der Waals surface area contributed by atoms with E-state index in [1.807, 2.05) is 0 Å². The number of aromatic nitrogens is 1. The molecule has 2 N–H and O–H groups in total. The van der Waals surface area contributed by atoms with Crippen LogP contribution in [0.5, 0.6) is 0 Å². The Bertz CT molecular complexity index is 576. The zero-order chi connectivity index (χ0) is 12.4. The molecule has 2 nitrogen and oxygen atoms in total. The summed E-state index contributed by atoms with van der Waals surface area (Å²) in [5.74, 6) is -1.13. The maximum absolute atomic E-state index is 13.4. The fraction of sp³-hybridized carbons (Fsp3) is 0.0833. The highest BCUT2D eigenvalue weighted by atomic mass is 32.1. The van der Waals surface area contributed by atoms with Gasteiger partial charge in [0.2, 0.25) is 0 Å². The van der Waals surface area contributed by atoms with Crippen molar-refractivity contribution in [2.75, 3.05) is 5.73 Å². The summed E-state index contributed by atoms with van der Waals surface area (Å²) in [6.07, 6.45) is 3.19. The van der Waals surface area contributed by atoms with Gasteiger partial charge in [-0.1, -0.05) is 0 Å². The Morgan fingerprint density at radius 3 is 2.65 bits per heavy atom. The van der Waals surface area contributed by atoms with E-state index in [1.54, 1.807) is 24.5 Å². The Labute approximate surface area is 101 Å². The molecule has 2 aromatic rings. The number of nitrogen functional groups attached to an aromatic ring is 1. The molecule has 0 aliphatic rings. The second-order valence-corrected chi connectivity index (χ2v) is 4.46. The van der Waals surface area contributed by atoms with Gasteiger partial charge < -0.3 is 5.73 Å². The summed E-state index contributed by atoms with van der Waals surface area (Å²) in [5, 5.41) is 2.22. The zero-order valence-electron chi connectivity index (χ0n) is 9.08. The number of hydrogen-bond donors (Lipinski definition) is 1. The largest absolute Gasteiger partial charge is 0.375 e. The van der Waals surface area contributed by atoms with Crippen molar-refractivity contribution in [3.8, 4) is 0 Å². The number of nitrogens with zero attached hydrogens (tertiary/aromatic N) is 1. The van der Waals surface area contributed by atoms with Gasteiger partial charge in [-0.05, 0) is 30.7 Å². The molecule has 0 spiro atoms. The molecule has 1 aromatic carbocycles. The van der Waals surface area contributed by atoms with Crippen molar-refractivity contribution < 1.29 is 8.78 Å². The molecule has 17 heavy (non-hydrogen) atoms. The number of hydrogen-bond acceptors (Lipinski definition) is 3. The van der Waals surface area contributed by atoms with Crippen LogP contribution in [-0.4, -0.2) is 4.98 Å². The van der Waals surface area contributed by atoms with Crippen LogP contribution in [0.3, 0.4) is 0 Å². The first-order valence-electron chi connectivity index (χ1n) is 4.91. The molecule has 0 unspecified atom stereocenters. The van der Waals surface area contributed by atoms with Gasteiger partial charge in [-0.25, -0.2) is 13.8 Å². The molecule has 0 aliphatic heterocycles. The van der Waals surface area contributed by atoms with Gasteiger partial charge in [0, 0.05) is 17.0 Å². The van der Waals surface area contributed by atoms with Gasteiger partial charge >= 0.3 is 0 Å². The van der Waals surface area contributed by atoms with Crippen LogP contribution < -0.4 is 5.73 Å². The van der Waals surface area contributed by atoms with E-state index >= 15 is 0 Å². The van der Waals surface area contributed by atoms with Crippen LogP contribution in [0, 0.1) is 18.6 Å². The van der Waals surface area contributed by atoms with Crippen LogP contribution in [0.2, 0.25) is 0 Å². The molecule has 0 radical (unpaired) electrons. The third-order valence-corrected chi connectivity index (χ3v) is 2.94. The van der Waals surface area contributed by atoms with E-state index in [1.165, 1.54) is 17.4 Å². The third kappa shape index (κ3) is 2.68.